The van der Waals surface area contributed by atoms with E-state index in [1.807, 2.05) is 37.4 Å². The summed E-state index contributed by atoms with van der Waals surface area (Å²) in [5, 5.41) is 10.9. The average molecular weight is 342 g/mol. The van der Waals surface area contributed by atoms with Crippen LogP contribution in [0.5, 0.6) is 0 Å². The van der Waals surface area contributed by atoms with E-state index in [9.17, 15) is 4.79 Å². The summed E-state index contributed by atoms with van der Waals surface area (Å²) in [6, 6.07) is 8.61. The number of anilines is 1. The molecule has 2 N–H and O–H groups in total. The topological polar surface area (TPSA) is 59.0 Å². The highest BCUT2D eigenvalue weighted by Crippen LogP contribution is 2.20. The molecule has 0 radical (unpaired) electrons. The fraction of sp³-hybridized carbons (Fsp3) is 0.500. The third kappa shape index (κ3) is 5.16. The van der Waals surface area contributed by atoms with Crippen molar-refractivity contribution in [3.63, 3.8) is 0 Å². The molecule has 2 aromatic rings. The van der Waals surface area contributed by atoms with Gasteiger partial charge >= 0.3 is 0 Å². The summed E-state index contributed by atoms with van der Waals surface area (Å²) >= 11 is 0. The fourth-order valence-corrected chi connectivity index (χ4v) is 2.92. The van der Waals surface area contributed by atoms with Crippen LogP contribution in [0.4, 0.5) is 5.69 Å². The zero-order valence-corrected chi connectivity index (χ0v) is 16.0. The lowest BCUT2D eigenvalue weighted by molar-refractivity contribution is -0.116. The van der Waals surface area contributed by atoms with E-state index in [-0.39, 0.29) is 11.9 Å². The van der Waals surface area contributed by atoms with Crippen LogP contribution < -0.4 is 10.6 Å². The Morgan fingerprint density at radius 1 is 1.20 bits per heavy atom. The van der Waals surface area contributed by atoms with Crippen LogP contribution in [-0.4, -0.2) is 15.7 Å². The average Bonchev–Trinajstić information content (AvgIpc) is 2.96. The number of hydrogen-bond acceptors (Lipinski definition) is 3. The Balaban J connectivity index is 1.91. The van der Waals surface area contributed by atoms with Gasteiger partial charge in [0.05, 0.1) is 6.20 Å². The first-order valence-electron chi connectivity index (χ1n) is 9.08. The molecule has 1 aromatic heterocycles. The number of hydrogen-bond donors (Lipinski definition) is 2. The summed E-state index contributed by atoms with van der Waals surface area (Å²) in [4.78, 5) is 11.6. The number of carbonyl (C=O) groups is 1. The standard InChI is InChI=1S/C20H30N4O/c1-6-7-20(25)23-18-10-8-17(9-11-18)12-21-15(4)19-13-22-24(14(2)3)16(19)5/h8-11,13-15,21H,6-7,12H2,1-5H3,(H,23,25)/t15-/m1/s1. The van der Waals surface area contributed by atoms with Gasteiger partial charge in [0, 0.05) is 42.0 Å². The minimum atomic E-state index is 0.0691. The number of aromatic nitrogens is 2. The maximum Gasteiger partial charge on any atom is 0.224 e. The molecule has 0 fully saturated rings. The monoisotopic (exact) mass is 342 g/mol. The van der Waals surface area contributed by atoms with Crippen LogP contribution >= 0.6 is 0 Å². The zero-order valence-electron chi connectivity index (χ0n) is 16.0. The SMILES string of the molecule is CCCC(=O)Nc1ccc(CN[C@H](C)c2cnn(C(C)C)c2C)cc1. The van der Waals surface area contributed by atoms with Crippen molar-refractivity contribution in [2.45, 2.75) is 66.1 Å². The van der Waals surface area contributed by atoms with Gasteiger partial charge in [-0.15, -0.1) is 0 Å². The molecule has 1 atom stereocenters. The number of rotatable bonds is 8. The Kier molecular flexibility index (Phi) is 6.76. The predicted molar refractivity (Wildman–Crippen MR) is 103 cm³/mol. The van der Waals surface area contributed by atoms with Crippen LogP contribution in [0.1, 0.15) is 69.4 Å². The lowest BCUT2D eigenvalue weighted by Gasteiger charge is -2.15. The molecule has 0 bridgehead atoms. The van der Waals surface area contributed by atoms with Gasteiger partial charge in [-0.3, -0.25) is 9.48 Å². The summed E-state index contributed by atoms with van der Waals surface area (Å²) in [6.07, 6.45) is 3.38. The molecule has 0 saturated heterocycles. The molecule has 136 valence electrons. The van der Waals surface area contributed by atoms with E-state index in [4.69, 9.17) is 0 Å². The van der Waals surface area contributed by atoms with E-state index in [0.717, 1.165) is 18.7 Å². The molecule has 0 aliphatic heterocycles. The third-order valence-electron chi connectivity index (χ3n) is 4.37. The Hall–Kier alpha value is -2.14. The van der Waals surface area contributed by atoms with Crippen molar-refractivity contribution < 1.29 is 4.79 Å². The second-order valence-corrected chi connectivity index (χ2v) is 6.82. The van der Waals surface area contributed by atoms with Gasteiger partial charge in [0.2, 0.25) is 5.91 Å². The predicted octanol–water partition coefficient (Wildman–Crippen LogP) is 4.36. The van der Waals surface area contributed by atoms with E-state index in [0.29, 0.717) is 12.5 Å². The number of benzene rings is 1. The highest BCUT2D eigenvalue weighted by atomic mass is 16.1. The molecule has 1 aromatic carbocycles. The van der Waals surface area contributed by atoms with Gasteiger partial charge in [0.1, 0.15) is 0 Å². The van der Waals surface area contributed by atoms with Gasteiger partial charge in [-0.1, -0.05) is 19.1 Å². The van der Waals surface area contributed by atoms with Crippen LogP contribution in [0, 0.1) is 6.92 Å². The van der Waals surface area contributed by atoms with Crippen molar-refractivity contribution in [3.8, 4) is 0 Å². The molecule has 0 saturated carbocycles. The van der Waals surface area contributed by atoms with Gasteiger partial charge in [-0.2, -0.15) is 5.10 Å². The van der Waals surface area contributed by atoms with Crippen molar-refractivity contribution >= 4 is 11.6 Å². The summed E-state index contributed by atoms with van der Waals surface area (Å²) in [5.41, 5.74) is 4.49. The fourth-order valence-electron chi connectivity index (χ4n) is 2.92. The van der Waals surface area contributed by atoms with E-state index < -0.39 is 0 Å². The third-order valence-corrected chi connectivity index (χ3v) is 4.37. The van der Waals surface area contributed by atoms with Gasteiger partial charge in [0.15, 0.2) is 0 Å². The van der Waals surface area contributed by atoms with Gasteiger partial charge in [-0.25, -0.2) is 0 Å². The summed E-state index contributed by atoms with van der Waals surface area (Å²) in [5.74, 6) is 0.0691. The second-order valence-electron chi connectivity index (χ2n) is 6.82. The Bertz CT molecular complexity index is 688. The van der Waals surface area contributed by atoms with Gasteiger partial charge in [-0.05, 0) is 51.8 Å². The first-order chi connectivity index (χ1) is 11.9. The van der Waals surface area contributed by atoms with Gasteiger partial charge < -0.3 is 10.6 Å². The number of amides is 1. The molecule has 5 heteroatoms. The largest absolute Gasteiger partial charge is 0.326 e. The molecular formula is C20H30N4O. The summed E-state index contributed by atoms with van der Waals surface area (Å²) in [7, 11) is 0. The first-order valence-corrected chi connectivity index (χ1v) is 9.08. The van der Waals surface area contributed by atoms with E-state index >= 15 is 0 Å². The molecule has 0 aliphatic rings. The molecule has 0 aliphatic carbocycles. The van der Waals surface area contributed by atoms with Crippen LogP contribution in [0.15, 0.2) is 30.5 Å². The molecule has 1 heterocycles. The molecule has 1 amide bonds. The second kappa shape index (κ2) is 8.81. The Morgan fingerprint density at radius 2 is 1.88 bits per heavy atom. The molecule has 0 unspecified atom stereocenters. The number of nitrogens with one attached hydrogen (secondary N) is 2. The minimum Gasteiger partial charge on any atom is -0.326 e. The van der Waals surface area contributed by atoms with Crippen molar-refractivity contribution in [1.29, 1.82) is 0 Å². The van der Waals surface area contributed by atoms with Crippen LogP contribution in [0.25, 0.3) is 0 Å². The maximum absolute atomic E-state index is 11.6. The van der Waals surface area contributed by atoms with Crippen molar-refractivity contribution in [1.82, 2.24) is 15.1 Å². The Morgan fingerprint density at radius 3 is 2.44 bits per heavy atom. The Labute approximate surface area is 150 Å². The first kappa shape index (κ1) is 19.2. The number of carbonyl (C=O) groups excluding carboxylic acids is 1. The van der Waals surface area contributed by atoms with E-state index in [1.54, 1.807) is 0 Å². The highest BCUT2D eigenvalue weighted by Gasteiger charge is 2.14. The van der Waals surface area contributed by atoms with E-state index in [1.165, 1.54) is 16.8 Å². The maximum atomic E-state index is 11.6. The van der Waals surface area contributed by atoms with Crippen molar-refractivity contribution in [3.05, 3.63) is 47.3 Å². The van der Waals surface area contributed by atoms with Crippen LogP contribution in [0.2, 0.25) is 0 Å². The molecule has 2 rings (SSSR count). The smallest absolute Gasteiger partial charge is 0.224 e. The van der Waals surface area contributed by atoms with Crippen molar-refractivity contribution in [2.24, 2.45) is 0 Å². The molecule has 25 heavy (non-hydrogen) atoms. The minimum absolute atomic E-state index is 0.0691. The molecule has 5 nitrogen and oxygen atoms in total. The molecular weight excluding hydrogens is 312 g/mol. The zero-order chi connectivity index (χ0) is 18.4. The highest BCUT2D eigenvalue weighted by molar-refractivity contribution is 5.90. The van der Waals surface area contributed by atoms with E-state index in [2.05, 4.69) is 48.1 Å². The van der Waals surface area contributed by atoms with Gasteiger partial charge in [0.25, 0.3) is 0 Å². The van der Waals surface area contributed by atoms with Crippen LogP contribution in [0.3, 0.4) is 0 Å². The number of nitrogens with zero attached hydrogens (tertiary/aromatic N) is 2. The lowest BCUT2D eigenvalue weighted by atomic mass is 10.1. The van der Waals surface area contributed by atoms with Crippen LogP contribution in [-0.2, 0) is 11.3 Å². The van der Waals surface area contributed by atoms with Crippen molar-refractivity contribution in [2.75, 3.05) is 5.32 Å². The lowest BCUT2D eigenvalue weighted by Crippen LogP contribution is -2.19. The molecule has 0 spiro atoms. The normalized spacial score (nSPS) is 12.4. The summed E-state index contributed by atoms with van der Waals surface area (Å²) in [6.45, 7) is 11.3. The quantitative estimate of drug-likeness (QED) is 0.749. The summed E-state index contributed by atoms with van der Waals surface area (Å²) < 4.78 is 2.06.